The van der Waals surface area contributed by atoms with Gasteiger partial charge in [-0.05, 0) is 73.1 Å². The average molecular weight is 422 g/mol. The van der Waals surface area contributed by atoms with Crippen molar-refractivity contribution in [3.63, 3.8) is 0 Å². The van der Waals surface area contributed by atoms with Gasteiger partial charge in [-0.1, -0.05) is 12.1 Å². The lowest BCUT2D eigenvalue weighted by Crippen LogP contribution is -2.44. The Bertz CT molecular complexity index is 1260. The minimum absolute atomic E-state index is 0.827. The molecule has 5 heteroatoms. The molecule has 3 aliphatic heterocycles. The first-order chi connectivity index (χ1) is 15.6. The van der Waals surface area contributed by atoms with E-state index in [9.17, 15) is 0 Å². The normalized spacial score (nSPS) is 17.8. The van der Waals surface area contributed by atoms with Crippen LogP contribution in [-0.4, -0.2) is 54.5 Å². The van der Waals surface area contributed by atoms with Gasteiger partial charge in [-0.15, -0.1) is 0 Å². The van der Waals surface area contributed by atoms with Crippen molar-refractivity contribution in [2.75, 3.05) is 38.1 Å². The van der Waals surface area contributed by atoms with Gasteiger partial charge in [-0.2, -0.15) is 0 Å². The van der Waals surface area contributed by atoms with E-state index in [1.165, 1.54) is 22.4 Å². The van der Waals surface area contributed by atoms with E-state index in [1.807, 2.05) is 19.1 Å². The summed E-state index contributed by atoms with van der Waals surface area (Å²) in [4.78, 5) is 19.4. The van der Waals surface area contributed by atoms with Crippen molar-refractivity contribution in [3.05, 3.63) is 82.7 Å². The Labute approximate surface area is 189 Å². The molecule has 5 nitrogen and oxygen atoms in total. The smallest absolute Gasteiger partial charge is 0.0851 e. The largest absolute Gasteiger partial charge is 0.369 e. The molecule has 1 fully saturated rings. The highest BCUT2D eigenvalue weighted by Crippen LogP contribution is 2.35. The van der Waals surface area contributed by atoms with Crippen molar-refractivity contribution in [2.45, 2.75) is 19.8 Å². The number of hydrogen-bond donors (Lipinski definition) is 0. The maximum absolute atomic E-state index is 4.97. The summed E-state index contributed by atoms with van der Waals surface area (Å²) in [5.74, 6) is 0. The molecule has 32 heavy (non-hydrogen) atoms. The second kappa shape index (κ2) is 7.68. The molecule has 2 aromatic carbocycles. The number of nitrogens with zero attached hydrogens (tertiary/aromatic N) is 5. The zero-order chi connectivity index (χ0) is 21.7. The fourth-order valence-corrected chi connectivity index (χ4v) is 4.85. The Kier molecular flexibility index (Phi) is 4.65. The third kappa shape index (κ3) is 3.53. The summed E-state index contributed by atoms with van der Waals surface area (Å²) in [7, 11) is 2.20. The van der Waals surface area contributed by atoms with Crippen LogP contribution in [0.5, 0.6) is 0 Å². The second-order valence-electron chi connectivity index (χ2n) is 9.08. The van der Waals surface area contributed by atoms with E-state index in [0.717, 1.165) is 73.2 Å². The number of pyridine rings is 1. The summed E-state index contributed by atoms with van der Waals surface area (Å²) < 4.78 is 0. The molecule has 0 amide bonds. The lowest BCUT2D eigenvalue weighted by Gasteiger charge is -2.34. The minimum atomic E-state index is 0.827. The molecule has 0 bridgehead atoms. The summed E-state index contributed by atoms with van der Waals surface area (Å²) in [5, 5.41) is 0. The fraction of sp³-hybridized carbons (Fsp3) is 0.296. The number of benzene rings is 2. The fourth-order valence-electron chi connectivity index (χ4n) is 4.85. The first kappa shape index (κ1) is 19.4. The first-order valence-corrected chi connectivity index (χ1v) is 11.4. The predicted octanol–water partition coefficient (Wildman–Crippen LogP) is 4.50. The van der Waals surface area contributed by atoms with E-state index in [2.05, 4.69) is 64.3 Å². The SMILES string of the molecule is Cc1cccc(C2=Nc3ccc(C4=Nc5ccc(N6CCN(C)CC6)cc5C4)cc3C2)n1. The molecule has 0 unspecified atom stereocenters. The van der Waals surface area contributed by atoms with Gasteiger partial charge in [-0.3, -0.25) is 15.0 Å². The van der Waals surface area contributed by atoms with Gasteiger partial charge in [0.2, 0.25) is 0 Å². The molecule has 0 aliphatic carbocycles. The van der Waals surface area contributed by atoms with Crippen LogP contribution in [0.1, 0.15) is 28.1 Å². The number of aliphatic imine (C=N–C) groups is 2. The van der Waals surface area contributed by atoms with E-state index in [0.29, 0.717) is 0 Å². The Balaban J connectivity index is 1.20. The molecule has 1 aromatic heterocycles. The molecular formula is C27H27N5. The van der Waals surface area contributed by atoms with Crippen molar-refractivity contribution in [3.8, 4) is 0 Å². The van der Waals surface area contributed by atoms with Crippen LogP contribution in [0.2, 0.25) is 0 Å². The third-order valence-electron chi connectivity index (χ3n) is 6.75. The Hall–Kier alpha value is -3.31. The molecule has 160 valence electrons. The zero-order valence-corrected chi connectivity index (χ0v) is 18.7. The van der Waals surface area contributed by atoms with E-state index < -0.39 is 0 Å². The van der Waals surface area contributed by atoms with Gasteiger partial charge in [0, 0.05) is 50.4 Å². The van der Waals surface area contributed by atoms with Gasteiger partial charge in [0.1, 0.15) is 0 Å². The predicted molar refractivity (Wildman–Crippen MR) is 131 cm³/mol. The Morgan fingerprint density at radius 3 is 2.28 bits per heavy atom. The number of piperazine rings is 1. The van der Waals surface area contributed by atoms with Crippen LogP contribution in [0.3, 0.4) is 0 Å². The molecular weight excluding hydrogens is 394 g/mol. The van der Waals surface area contributed by atoms with Gasteiger partial charge in [-0.25, -0.2) is 0 Å². The lowest BCUT2D eigenvalue weighted by atomic mass is 9.99. The number of hydrogen-bond acceptors (Lipinski definition) is 5. The summed E-state index contributed by atoms with van der Waals surface area (Å²) >= 11 is 0. The van der Waals surface area contributed by atoms with Gasteiger partial charge < -0.3 is 9.80 Å². The van der Waals surface area contributed by atoms with Crippen molar-refractivity contribution in [1.82, 2.24) is 9.88 Å². The quantitative estimate of drug-likeness (QED) is 0.626. The van der Waals surface area contributed by atoms with E-state index in [4.69, 9.17) is 9.98 Å². The molecule has 4 heterocycles. The minimum Gasteiger partial charge on any atom is -0.369 e. The van der Waals surface area contributed by atoms with Gasteiger partial charge in [0.15, 0.2) is 0 Å². The summed E-state index contributed by atoms with van der Waals surface area (Å²) in [6, 6.07) is 19.5. The Morgan fingerprint density at radius 2 is 1.47 bits per heavy atom. The molecule has 1 saturated heterocycles. The maximum Gasteiger partial charge on any atom is 0.0851 e. The lowest BCUT2D eigenvalue weighted by molar-refractivity contribution is 0.313. The van der Waals surface area contributed by atoms with Crippen LogP contribution in [0.25, 0.3) is 0 Å². The second-order valence-corrected chi connectivity index (χ2v) is 9.08. The van der Waals surface area contributed by atoms with Crippen molar-refractivity contribution >= 4 is 28.5 Å². The van der Waals surface area contributed by atoms with Crippen molar-refractivity contribution < 1.29 is 0 Å². The number of anilines is 1. The molecule has 0 saturated carbocycles. The van der Waals surface area contributed by atoms with Gasteiger partial charge >= 0.3 is 0 Å². The number of likely N-dealkylation sites (N-methyl/N-ethyl adjacent to an activating group) is 1. The third-order valence-corrected chi connectivity index (χ3v) is 6.75. The number of aryl methyl sites for hydroxylation is 1. The zero-order valence-electron chi connectivity index (χ0n) is 18.7. The molecule has 0 radical (unpaired) electrons. The maximum atomic E-state index is 4.97. The molecule has 0 atom stereocenters. The molecule has 3 aliphatic rings. The number of aromatic nitrogens is 1. The summed E-state index contributed by atoms with van der Waals surface area (Å²) in [5.41, 5.74) is 11.5. The highest BCUT2D eigenvalue weighted by Gasteiger charge is 2.22. The molecule has 3 aromatic rings. The topological polar surface area (TPSA) is 44.1 Å². The highest BCUT2D eigenvalue weighted by atomic mass is 15.2. The summed E-state index contributed by atoms with van der Waals surface area (Å²) in [6.45, 7) is 6.44. The van der Waals surface area contributed by atoms with E-state index in [1.54, 1.807) is 0 Å². The van der Waals surface area contributed by atoms with Crippen molar-refractivity contribution in [1.29, 1.82) is 0 Å². The summed E-state index contributed by atoms with van der Waals surface area (Å²) in [6.07, 6.45) is 1.72. The van der Waals surface area contributed by atoms with Crippen LogP contribution >= 0.6 is 0 Å². The van der Waals surface area contributed by atoms with Crippen molar-refractivity contribution in [2.24, 2.45) is 9.98 Å². The van der Waals surface area contributed by atoms with Gasteiger partial charge in [0.25, 0.3) is 0 Å². The molecule has 0 N–H and O–H groups in total. The van der Waals surface area contributed by atoms with E-state index in [-0.39, 0.29) is 0 Å². The first-order valence-electron chi connectivity index (χ1n) is 11.4. The van der Waals surface area contributed by atoms with Gasteiger partial charge in [0.05, 0.1) is 28.5 Å². The van der Waals surface area contributed by atoms with Crippen LogP contribution in [-0.2, 0) is 12.8 Å². The Morgan fingerprint density at radius 1 is 0.750 bits per heavy atom. The molecule has 6 rings (SSSR count). The standard InChI is InChI=1S/C27H27N5/c1-18-4-3-5-25(28-18)27-17-20-14-19(6-8-23(20)30-27)26-16-21-15-22(7-9-24(21)29-26)32-12-10-31(2)11-13-32/h3-9,14-15H,10-13,16-17H2,1-2H3. The highest BCUT2D eigenvalue weighted by molar-refractivity contribution is 6.09. The van der Waals surface area contributed by atoms with Crippen LogP contribution in [0, 0.1) is 6.92 Å². The molecule has 0 spiro atoms. The van der Waals surface area contributed by atoms with Crippen LogP contribution in [0.15, 0.2) is 64.6 Å². The van der Waals surface area contributed by atoms with E-state index >= 15 is 0 Å². The van der Waals surface area contributed by atoms with Crippen LogP contribution < -0.4 is 4.90 Å². The monoisotopic (exact) mass is 421 g/mol. The number of rotatable bonds is 3. The number of fused-ring (bicyclic) bond motifs is 2. The van der Waals surface area contributed by atoms with Crippen LogP contribution in [0.4, 0.5) is 17.1 Å². The average Bonchev–Trinajstić information content (AvgIpc) is 3.43.